The van der Waals surface area contributed by atoms with Gasteiger partial charge in [-0.3, -0.25) is 0 Å². The molecule has 0 aromatic heterocycles. The van der Waals surface area contributed by atoms with Crippen molar-refractivity contribution >= 4 is 17.7 Å². The van der Waals surface area contributed by atoms with Gasteiger partial charge in [-0.25, -0.2) is 14.0 Å². The zero-order valence-corrected chi connectivity index (χ0v) is 21.1. The number of unbranched alkanes of at least 4 members (excludes halogenated alkanes) is 1. The van der Waals surface area contributed by atoms with Crippen molar-refractivity contribution < 1.29 is 50.5 Å². The fraction of sp³-hybridized carbons (Fsp3) is 0.462. The third kappa shape index (κ3) is 10.3. The number of hydrogen-bond acceptors (Lipinski definition) is 4. The van der Waals surface area contributed by atoms with Gasteiger partial charge in [0.25, 0.3) is 0 Å². The molecule has 0 spiro atoms. The highest BCUT2D eigenvalue weighted by molar-refractivity contribution is 5.89. The molecule has 2 rings (SSSR count). The maximum Gasteiger partial charge on any atom is 0.453 e. The fourth-order valence-corrected chi connectivity index (χ4v) is 3.49. The number of urea groups is 1. The van der Waals surface area contributed by atoms with Gasteiger partial charge in [0.05, 0.1) is 12.2 Å². The summed E-state index contributed by atoms with van der Waals surface area (Å²) >= 11 is 0. The number of halogens is 6. The quantitative estimate of drug-likeness (QED) is 0.201. The van der Waals surface area contributed by atoms with Crippen LogP contribution < -0.4 is 10.1 Å². The molecule has 2 amide bonds. The zero-order chi connectivity index (χ0) is 29.1. The minimum Gasteiger partial charge on any atom is -0.492 e. The van der Waals surface area contributed by atoms with E-state index >= 15 is 0 Å². The van der Waals surface area contributed by atoms with E-state index in [1.807, 2.05) is 0 Å². The molecule has 0 saturated heterocycles. The number of aliphatic carboxylic acids is 1. The van der Waals surface area contributed by atoms with E-state index < -0.39 is 48.9 Å². The Morgan fingerprint density at radius 2 is 1.67 bits per heavy atom. The van der Waals surface area contributed by atoms with Gasteiger partial charge in [0.15, 0.2) is 6.10 Å². The van der Waals surface area contributed by atoms with Crippen molar-refractivity contribution in [3.05, 3.63) is 59.9 Å². The SMILES string of the molecule is CCOC(Cc1ccc(OCCN(CCCCC(F)(F)C(F)(F)F)C(=O)Nc2ccccc2F)cc1)C(=O)O. The molecule has 2 N–H and O–H groups in total. The van der Waals surface area contributed by atoms with Crippen LogP contribution in [0.4, 0.5) is 36.8 Å². The Labute approximate surface area is 221 Å². The molecule has 0 aliphatic carbocycles. The Hall–Kier alpha value is -3.48. The molecule has 39 heavy (non-hydrogen) atoms. The molecule has 13 heteroatoms. The van der Waals surface area contributed by atoms with Gasteiger partial charge < -0.3 is 24.8 Å². The number of hydrogen-bond donors (Lipinski definition) is 2. The van der Waals surface area contributed by atoms with Crippen LogP contribution >= 0.6 is 0 Å². The second-order valence-electron chi connectivity index (χ2n) is 8.54. The molecule has 2 aromatic rings. The number of para-hydroxylation sites is 1. The molecule has 0 fully saturated rings. The summed E-state index contributed by atoms with van der Waals surface area (Å²) in [6, 6.07) is 11.0. The molecule has 7 nitrogen and oxygen atoms in total. The highest BCUT2D eigenvalue weighted by Crippen LogP contribution is 2.39. The van der Waals surface area contributed by atoms with Crippen LogP contribution in [0.5, 0.6) is 5.75 Å². The zero-order valence-electron chi connectivity index (χ0n) is 21.1. The average molecular weight is 565 g/mol. The van der Waals surface area contributed by atoms with Crippen LogP contribution in [0, 0.1) is 5.82 Å². The van der Waals surface area contributed by atoms with Gasteiger partial charge in [-0.2, -0.15) is 22.0 Å². The number of nitrogens with one attached hydrogen (secondary N) is 1. The van der Waals surface area contributed by atoms with Crippen LogP contribution in [0.25, 0.3) is 0 Å². The number of anilines is 1. The Balaban J connectivity index is 1.97. The molecular formula is C26H30F6N2O5. The van der Waals surface area contributed by atoms with E-state index in [0.29, 0.717) is 11.3 Å². The lowest BCUT2D eigenvalue weighted by Gasteiger charge is -2.24. The summed E-state index contributed by atoms with van der Waals surface area (Å²) in [5.41, 5.74) is 0.559. The lowest BCUT2D eigenvalue weighted by molar-refractivity contribution is -0.284. The third-order valence-electron chi connectivity index (χ3n) is 5.60. The van der Waals surface area contributed by atoms with Gasteiger partial charge in [0, 0.05) is 26.0 Å². The van der Waals surface area contributed by atoms with Crippen molar-refractivity contribution in [1.82, 2.24) is 4.90 Å². The molecule has 0 aliphatic rings. The summed E-state index contributed by atoms with van der Waals surface area (Å²) in [7, 11) is 0. The number of carboxylic acids is 1. The number of ether oxygens (including phenoxy) is 2. The highest BCUT2D eigenvalue weighted by Gasteiger charge is 2.56. The monoisotopic (exact) mass is 564 g/mol. The van der Waals surface area contributed by atoms with Crippen LogP contribution in [0.3, 0.4) is 0 Å². The maximum absolute atomic E-state index is 13.9. The Morgan fingerprint density at radius 1 is 1.00 bits per heavy atom. The highest BCUT2D eigenvalue weighted by atomic mass is 19.4. The number of rotatable bonds is 15. The Kier molecular flexibility index (Phi) is 11.9. The number of carbonyl (C=O) groups excluding carboxylic acids is 1. The first kappa shape index (κ1) is 31.7. The summed E-state index contributed by atoms with van der Waals surface area (Å²) in [5, 5.41) is 11.6. The van der Waals surface area contributed by atoms with E-state index in [2.05, 4.69) is 5.32 Å². The van der Waals surface area contributed by atoms with Gasteiger partial charge >= 0.3 is 24.1 Å². The van der Waals surface area contributed by atoms with E-state index in [1.165, 1.54) is 18.2 Å². The summed E-state index contributed by atoms with van der Waals surface area (Å²) < 4.78 is 88.3. The fourth-order valence-electron chi connectivity index (χ4n) is 3.49. The number of benzene rings is 2. The molecule has 0 heterocycles. The number of carboxylic acid groups (broad SMARTS) is 1. The van der Waals surface area contributed by atoms with Crippen molar-refractivity contribution in [2.24, 2.45) is 0 Å². The average Bonchev–Trinajstić information content (AvgIpc) is 2.86. The topological polar surface area (TPSA) is 88.1 Å². The molecule has 2 aromatic carbocycles. The van der Waals surface area contributed by atoms with Crippen molar-refractivity contribution in [2.45, 2.75) is 50.8 Å². The number of nitrogens with zero attached hydrogens (tertiary/aromatic N) is 1. The molecule has 0 saturated carbocycles. The minimum atomic E-state index is -5.66. The first-order valence-corrected chi connectivity index (χ1v) is 12.1. The summed E-state index contributed by atoms with van der Waals surface area (Å²) in [6.45, 7) is 1.60. The normalized spacial score (nSPS) is 12.6. The van der Waals surface area contributed by atoms with Gasteiger partial charge in [-0.15, -0.1) is 0 Å². The minimum absolute atomic E-state index is 0.0700. The number of amides is 2. The van der Waals surface area contributed by atoms with Crippen LogP contribution in [0.1, 0.15) is 31.7 Å². The smallest absolute Gasteiger partial charge is 0.453 e. The van der Waals surface area contributed by atoms with Crippen LogP contribution in [-0.4, -0.2) is 66.5 Å². The Morgan fingerprint density at radius 3 is 2.26 bits per heavy atom. The van der Waals surface area contributed by atoms with Gasteiger partial charge in [0.1, 0.15) is 18.2 Å². The maximum atomic E-state index is 13.9. The predicted octanol–water partition coefficient (Wildman–Crippen LogP) is 6.14. The second kappa shape index (κ2) is 14.6. The van der Waals surface area contributed by atoms with Crippen molar-refractivity contribution in [3.8, 4) is 5.75 Å². The first-order chi connectivity index (χ1) is 18.3. The largest absolute Gasteiger partial charge is 0.492 e. The summed E-state index contributed by atoms with van der Waals surface area (Å²) in [4.78, 5) is 25.1. The molecule has 1 unspecified atom stereocenters. The predicted molar refractivity (Wildman–Crippen MR) is 131 cm³/mol. The van der Waals surface area contributed by atoms with Crippen LogP contribution in [0.2, 0.25) is 0 Å². The van der Waals surface area contributed by atoms with Crippen molar-refractivity contribution in [1.29, 1.82) is 0 Å². The summed E-state index contributed by atoms with van der Waals surface area (Å²) in [5.74, 6) is -6.24. The van der Waals surface area contributed by atoms with E-state index in [1.54, 1.807) is 31.2 Å². The molecule has 0 radical (unpaired) electrons. The van der Waals surface area contributed by atoms with Crippen molar-refractivity contribution in [2.75, 3.05) is 31.6 Å². The molecular weight excluding hydrogens is 534 g/mol. The molecule has 0 bridgehead atoms. The van der Waals surface area contributed by atoms with E-state index in [-0.39, 0.29) is 44.8 Å². The van der Waals surface area contributed by atoms with Gasteiger partial charge in [0.2, 0.25) is 0 Å². The van der Waals surface area contributed by atoms with Crippen LogP contribution in [-0.2, 0) is 16.0 Å². The van der Waals surface area contributed by atoms with Gasteiger partial charge in [-0.05, 0) is 49.6 Å². The lowest BCUT2D eigenvalue weighted by Crippen LogP contribution is -2.39. The number of alkyl halides is 5. The van der Waals surface area contributed by atoms with E-state index in [0.717, 1.165) is 11.0 Å². The second-order valence-corrected chi connectivity index (χ2v) is 8.54. The third-order valence-corrected chi connectivity index (χ3v) is 5.60. The van der Waals surface area contributed by atoms with E-state index in [4.69, 9.17) is 9.47 Å². The molecule has 216 valence electrons. The van der Waals surface area contributed by atoms with Crippen LogP contribution in [0.15, 0.2) is 48.5 Å². The van der Waals surface area contributed by atoms with E-state index in [9.17, 15) is 41.0 Å². The Bertz CT molecular complexity index is 1070. The van der Waals surface area contributed by atoms with Crippen molar-refractivity contribution in [3.63, 3.8) is 0 Å². The van der Waals surface area contributed by atoms with Gasteiger partial charge in [-0.1, -0.05) is 24.3 Å². The standard InChI is InChI=1S/C26H30F6N2O5/c1-2-38-22(23(35)36)17-18-9-11-19(12-10-18)39-16-15-34(14-6-5-13-25(28,29)26(30,31)32)24(37)33-21-8-4-3-7-20(21)27/h3-4,7-12,22H,2,5-6,13-17H2,1H3,(H,33,37)(H,35,36). The lowest BCUT2D eigenvalue weighted by atomic mass is 10.1. The first-order valence-electron chi connectivity index (χ1n) is 12.1. The number of carbonyl (C=O) groups is 2. The molecule has 0 aliphatic heterocycles. The summed E-state index contributed by atoms with van der Waals surface area (Å²) in [6.07, 6.45) is -8.60. The molecule has 1 atom stereocenters.